The predicted octanol–water partition coefficient (Wildman–Crippen LogP) is 2.57. The summed E-state index contributed by atoms with van der Waals surface area (Å²) in [6, 6.07) is 4.86. The maximum atomic E-state index is 12.6. The Morgan fingerprint density at radius 2 is 2.04 bits per heavy atom. The van der Waals surface area contributed by atoms with Gasteiger partial charge in [-0.15, -0.1) is 0 Å². The van der Waals surface area contributed by atoms with E-state index in [4.69, 9.17) is 23.2 Å². The second-order valence-electron chi connectivity index (χ2n) is 5.97. The lowest BCUT2D eigenvalue weighted by molar-refractivity contribution is -0.126. The van der Waals surface area contributed by atoms with E-state index in [2.05, 4.69) is 10.6 Å². The Balaban J connectivity index is 1.93. The highest BCUT2D eigenvalue weighted by molar-refractivity contribution is 6.42. The molecule has 1 aromatic carbocycles. The molecule has 0 spiro atoms. The fourth-order valence-corrected chi connectivity index (χ4v) is 3.11. The smallest absolute Gasteiger partial charge is 0.253 e. The van der Waals surface area contributed by atoms with Crippen molar-refractivity contribution in [1.82, 2.24) is 15.5 Å². The van der Waals surface area contributed by atoms with Gasteiger partial charge in [0.15, 0.2) is 0 Å². The number of likely N-dealkylation sites (tertiary alicyclic amines) is 1. The number of benzene rings is 1. The Kier molecular flexibility index (Phi) is 7.34. The summed E-state index contributed by atoms with van der Waals surface area (Å²) < 4.78 is 0. The summed E-state index contributed by atoms with van der Waals surface area (Å²) in [4.78, 5) is 26.6. The molecule has 132 valence electrons. The molecule has 2 N–H and O–H groups in total. The molecule has 7 heteroatoms. The number of hydrogen-bond acceptors (Lipinski definition) is 3. The molecule has 0 radical (unpaired) electrons. The first kappa shape index (κ1) is 19.0. The fraction of sp³-hybridized carbons (Fsp3) is 0.529. The first-order chi connectivity index (χ1) is 11.5. The third-order valence-corrected chi connectivity index (χ3v) is 4.89. The first-order valence-corrected chi connectivity index (χ1v) is 8.95. The second kappa shape index (κ2) is 9.25. The molecule has 1 aliphatic heterocycles. The molecule has 1 fully saturated rings. The Morgan fingerprint density at radius 1 is 1.25 bits per heavy atom. The van der Waals surface area contributed by atoms with Gasteiger partial charge in [-0.1, -0.05) is 23.2 Å². The average Bonchev–Trinajstić information content (AvgIpc) is 2.60. The normalized spacial score (nSPS) is 17.6. The van der Waals surface area contributed by atoms with Crippen LogP contribution in [0.2, 0.25) is 10.0 Å². The van der Waals surface area contributed by atoms with Crippen LogP contribution in [0.3, 0.4) is 0 Å². The Morgan fingerprint density at radius 3 is 2.75 bits per heavy atom. The van der Waals surface area contributed by atoms with Gasteiger partial charge < -0.3 is 15.5 Å². The lowest BCUT2D eigenvalue weighted by Gasteiger charge is -2.32. The molecule has 1 unspecified atom stereocenters. The first-order valence-electron chi connectivity index (χ1n) is 8.19. The standard InChI is InChI=1S/C17H23Cl2N3O2/c1-20-7-3-8-21-16(23)13-4-2-9-22(11-13)17(24)12-5-6-14(18)15(19)10-12/h5-6,10,13,20H,2-4,7-9,11H2,1H3,(H,21,23). The lowest BCUT2D eigenvalue weighted by atomic mass is 9.96. The number of rotatable bonds is 6. The molecule has 5 nitrogen and oxygen atoms in total. The van der Waals surface area contributed by atoms with Crippen LogP contribution in [0.5, 0.6) is 0 Å². The van der Waals surface area contributed by atoms with Gasteiger partial charge in [-0.05, 0) is 51.1 Å². The Labute approximate surface area is 152 Å². The van der Waals surface area contributed by atoms with Crippen LogP contribution in [-0.4, -0.2) is 49.9 Å². The van der Waals surface area contributed by atoms with Crippen molar-refractivity contribution < 1.29 is 9.59 Å². The van der Waals surface area contributed by atoms with E-state index in [-0.39, 0.29) is 17.7 Å². The van der Waals surface area contributed by atoms with E-state index < -0.39 is 0 Å². The van der Waals surface area contributed by atoms with Crippen molar-refractivity contribution in [3.63, 3.8) is 0 Å². The van der Waals surface area contributed by atoms with E-state index in [0.29, 0.717) is 35.2 Å². The zero-order valence-corrected chi connectivity index (χ0v) is 15.3. The molecule has 0 bridgehead atoms. The van der Waals surface area contributed by atoms with Crippen LogP contribution < -0.4 is 10.6 Å². The van der Waals surface area contributed by atoms with Crippen LogP contribution >= 0.6 is 23.2 Å². The van der Waals surface area contributed by atoms with Crippen LogP contribution in [0.1, 0.15) is 29.6 Å². The minimum absolute atomic E-state index is 0.0257. The van der Waals surface area contributed by atoms with Crippen LogP contribution in [0.25, 0.3) is 0 Å². The zero-order valence-electron chi connectivity index (χ0n) is 13.8. The average molecular weight is 372 g/mol. The number of nitrogens with one attached hydrogen (secondary N) is 2. The van der Waals surface area contributed by atoms with Crippen molar-refractivity contribution in [2.45, 2.75) is 19.3 Å². The molecule has 24 heavy (non-hydrogen) atoms. The van der Waals surface area contributed by atoms with Gasteiger partial charge in [0.1, 0.15) is 0 Å². The third kappa shape index (κ3) is 5.10. The SMILES string of the molecule is CNCCCNC(=O)C1CCCN(C(=O)c2ccc(Cl)c(Cl)c2)C1. The lowest BCUT2D eigenvalue weighted by Crippen LogP contribution is -2.45. The second-order valence-corrected chi connectivity index (χ2v) is 6.78. The van der Waals surface area contributed by atoms with E-state index in [1.165, 1.54) is 0 Å². The molecule has 1 atom stereocenters. The highest BCUT2D eigenvalue weighted by Crippen LogP contribution is 2.25. The highest BCUT2D eigenvalue weighted by Gasteiger charge is 2.28. The van der Waals surface area contributed by atoms with Crippen molar-refractivity contribution >= 4 is 35.0 Å². The van der Waals surface area contributed by atoms with Crippen molar-refractivity contribution in [1.29, 1.82) is 0 Å². The van der Waals surface area contributed by atoms with Gasteiger partial charge in [-0.2, -0.15) is 0 Å². The summed E-state index contributed by atoms with van der Waals surface area (Å²) in [6.45, 7) is 2.61. The number of amides is 2. The van der Waals surface area contributed by atoms with Crippen LogP contribution in [0.15, 0.2) is 18.2 Å². The van der Waals surface area contributed by atoms with Crippen LogP contribution in [-0.2, 0) is 4.79 Å². The number of halogens is 2. The van der Waals surface area contributed by atoms with E-state index in [1.54, 1.807) is 23.1 Å². The fourth-order valence-electron chi connectivity index (χ4n) is 2.81. The number of carbonyl (C=O) groups is 2. The van der Waals surface area contributed by atoms with Gasteiger partial charge in [-0.3, -0.25) is 9.59 Å². The third-order valence-electron chi connectivity index (χ3n) is 4.15. The Bertz CT molecular complexity index is 595. The van der Waals surface area contributed by atoms with Gasteiger partial charge in [0, 0.05) is 25.2 Å². The van der Waals surface area contributed by atoms with Gasteiger partial charge in [-0.25, -0.2) is 0 Å². The maximum Gasteiger partial charge on any atom is 0.253 e. The van der Waals surface area contributed by atoms with E-state index in [0.717, 1.165) is 25.8 Å². The molecule has 0 aromatic heterocycles. The van der Waals surface area contributed by atoms with Gasteiger partial charge in [0.05, 0.1) is 16.0 Å². The monoisotopic (exact) mass is 371 g/mol. The van der Waals surface area contributed by atoms with E-state index in [9.17, 15) is 9.59 Å². The van der Waals surface area contributed by atoms with Crippen molar-refractivity contribution in [3.05, 3.63) is 33.8 Å². The summed E-state index contributed by atoms with van der Waals surface area (Å²) in [5.41, 5.74) is 0.500. The number of hydrogen-bond donors (Lipinski definition) is 2. The molecule has 0 saturated carbocycles. The van der Waals surface area contributed by atoms with Crippen molar-refractivity contribution in [3.8, 4) is 0 Å². The number of carbonyl (C=O) groups excluding carboxylic acids is 2. The molecule has 0 aliphatic carbocycles. The van der Waals surface area contributed by atoms with Crippen molar-refractivity contribution in [2.75, 3.05) is 33.2 Å². The minimum atomic E-state index is -0.153. The molecule has 1 saturated heterocycles. The zero-order chi connectivity index (χ0) is 17.5. The van der Waals surface area contributed by atoms with Crippen molar-refractivity contribution in [2.24, 2.45) is 5.92 Å². The van der Waals surface area contributed by atoms with Crippen LogP contribution in [0.4, 0.5) is 0 Å². The number of nitrogens with zero attached hydrogens (tertiary/aromatic N) is 1. The molecule has 2 amide bonds. The summed E-state index contributed by atoms with van der Waals surface area (Å²) in [5, 5.41) is 6.77. The largest absolute Gasteiger partial charge is 0.356 e. The predicted molar refractivity (Wildman–Crippen MR) is 96.6 cm³/mol. The summed E-state index contributed by atoms with van der Waals surface area (Å²) in [7, 11) is 1.88. The summed E-state index contributed by atoms with van der Waals surface area (Å²) in [5.74, 6) is -0.237. The molecule has 1 aliphatic rings. The van der Waals surface area contributed by atoms with Gasteiger partial charge in [0.2, 0.25) is 5.91 Å². The van der Waals surface area contributed by atoms with E-state index >= 15 is 0 Å². The highest BCUT2D eigenvalue weighted by atomic mass is 35.5. The molecule has 2 rings (SSSR count). The van der Waals surface area contributed by atoms with E-state index in [1.807, 2.05) is 7.05 Å². The summed E-state index contributed by atoms with van der Waals surface area (Å²) >= 11 is 11.9. The minimum Gasteiger partial charge on any atom is -0.356 e. The molecular weight excluding hydrogens is 349 g/mol. The Hall–Kier alpha value is -1.30. The quantitative estimate of drug-likeness (QED) is 0.755. The molecule has 1 heterocycles. The summed E-state index contributed by atoms with van der Waals surface area (Å²) in [6.07, 6.45) is 2.52. The van der Waals surface area contributed by atoms with Crippen LogP contribution in [0, 0.1) is 5.92 Å². The molecule has 1 aromatic rings. The number of piperidine rings is 1. The maximum absolute atomic E-state index is 12.6. The van der Waals surface area contributed by atoms with Gasteiger partial charge >= 0.3 is 0 Å². The molecular formula is C17H23Cl2N3O2. The topological polar surface area (TPSA) is 61.4 Å². The van der Waals surface area contributed by atoms with Gasteiger partial charge in [0.25, 0.3) is 5.91 Å².